The highest BCUT2D eigenvalue weighted by atomic mass is 32.1. The van der Waals surface area contributed by atoms with E-state index in [1.54, 1.807) is 11.3 Å². The number of rotatable bonds is 3. The fourth-order valence-electron chi connectivity index (χ4n) is 2.97. The highest BCUT2D eigenvalue weighted by Gasteiger charge is 2.24. The summed E-state index contributed by atoms with van der Waals surface area (Å²) >= 11 is 1.68. The maximum atomic E-state index is 4.69. The lowest BCUT2D eigenvalue weighted by atomic mass is 9.97. The Hall–Kier alpha value is -1.20. The van der Waals surface area contributed by atoms with Gasteiger partial charge in [0.25, 0.3) is 0 Å². The van der Waals surface area contributed by atoms with Crippen molar-refractivity contribution in [2.45, 2.75) is 32.2 Å². The molecule has 3 rings (SSSR count). The average molecular weight is 276 g/mol. The van der Waals surface area contributed by atoms with Crippen LogP contribution in [0.15, 0.2) is 17.1 Å². The Bertz CT molecular complexity index is 532. The zero-order valence-corrected chi connectivity index (χ0v) is 12.4. The zero-order valence-electron chi connectivity index (χ0n) is 11.5. The first-order chi connectivity index (χ1) is 9.22. The van der Waals surface area contributed by atoms with Crippen LogP contribution >= 0.6 is 11.3 Å². The monoisotopic (exact) mass is 276 g/mol. The molecular weight excluding hydrogens is 256 g/mol. The van der Waals surface area contributed by atoms with E-state index >= 15 is 0 Å². The smallest absolute Gasteiger partial charge is 0.113 e. The number of hydrogen-bond donors (Lipinski definition) is 0. The van der Waals surface area contributed by atoms with Crippen LogP contribution in [0.25, 0.3) is 0 Å². The second kappa shape index (κ2) is 5.43. The molecule has 19 heavy (non-hydrogen) atoms. The summed E-state index contributed by atoms with van der Waals surface area (Å²) < 4.78 is 2.19. The molecule has 5 heteroatoms. The largest absolute Gasteiger partial charge is 0.337 e. The molecule has 1 fully saturated rings. The van der Waals surface area contributed by atoms with Crippen LogP contribution in [0.4, 0.5) is 0 Å². The van der Waals surface area contributed by atoms with Crippen molar-refractivity contribution in [1.29, 1.82) is 0 Å². The molecule has 2 aromatic rings. The molecular formula is C14H20N4S. The van der Waals surface area contributed by atoms with E-state index in [9.17, 15) is 0 Å². The molecule has 0 radical (unpaired) electrons. The van der Waals surface area contributed by atoms with Gasteiger partial charge in [-0.3, -0.25) is 4.90 Å². The SMILES string of the molecule is Cc1cn(C)c(C2CCCN(Cc3cscn3)C2)n1. The van der Waals surface area contributed by atoms with Crippen molar-refractivity contribution in [3.05, 3.63) is 34.3 Å². The molecule has 0 amide bonds. The van der Waals surface area contributed by atoms with E-state index < -0.39 is 0 Å². The Morgan fingerprint density at radius 2 is 2.37 bits per heavy atom. The molecule has 1 atom stereocenters. The van der Waals surface area contributed by atoms with Crippen molar-refractivity contribution in [3.63, 3.8) is 0 Å². The number of imidazole rings is 1. The van der Waals surface area contributed by atoms with Gasteiger partial charge in [-0.2, -0.15) is 0 Å². The summed E-state index contributed by atoms with van der Waals surface area (Å²) in [5.41, 5.74) is 4.23. The van der Waals surface area contributed by atoms with Crippen LogP contribution in [0.3, 0.4) is 0 Å². The van der Waals surface area contributed by atoms with Gasteiger partial charge in [0.1, 0.15) is 5.82 Å². The summed E-state index contributed by atoms with van der Waals surface area (Å²) in [6, 6.07) is 0. The van der Waals surface area contributed by atoms with Crippen molar-refractivity contribution in [2.75, 3.05) is 13.1 Å². The maximum absolute atomic E-state index is 4.69. The van der Waals surface area contributed by atoms with Crippen molar-refractivity contribution in [1.82, 2.24) is 19.4 Å². The van der Waals surface area contributed by atoms with Crippen molar-refractivity contribution < 1.29 is 0 Å². The number of likely N-dealkylation sites (tertiary alicyclic amines) is 1. The zero-order chi connectivity index (χ0) is 13.2. The fraction of sp³-hybridized carbons (Fsp3) is 0.571. The van der Waals surface area contributed by atoms with Crippen LogP contribution in [0, 0.1) is 6.92 Å². The molecule has 1 aliphatic heterocycles. The first-order valence-corrected chi connectivity index (χ1v) is 7.76. The Morgan fingerprint density at radius 1 is 1.47 bits per heavy atom. The number of aryl methyl sites for hydroxylation is 2. The summed E-state index contributed by atoms with van der Waals surface area (Å²) in [4.78, 5) is 11.6. The number of nitrogens with zero attached hydrogens (tertiary/aromatic N) is 4. The summed E-state index contributed by atoms with van der Waals surface area (Å²) in [5.74, 6) is 1.80. The number of piperidine rings is 1. The Balaban J connectivity index is 1.69. The van der Waals surface area contributed by atoms with E-state index in [4.69, 9.17) is 0 Å². The minimum atomic E-state index is 0.561. The lowest BCUT2D eigenvalue weighted by Gasteiger charge is -2.31. The number of hydrogen-bond acceptors (Lipinski definition) is 4. The first kappa shape index (κ1) is 12.8. The quantitative estimate of drug-likeness (QED) is 0.864. The van der Waals surface area contributed by atoms with E-state index in [-0.39, 0.29) is 0 Å². The van der Waals surface area contributed by atoms with Gasteiger partial charge in [-0.05, 0) is 26.3 Å². The van der Waals surface area contributed by atoms with Crippen molar-refractivity contribution >= 4 is 11.3 Å². The van der Waals surface area contributed by atoms with E-state index in [1.165, 1.54) is 30.9 Å². The Kier molecular flexibility index (Phi) is 3.66. The minimum absolute atomic E-state index is 0.561. The molecule has 0 aliphatic carbocycles. The van der Waals surface area contributed by atoms with Crippen LogP contribution < -0.4 is 0 Å². The second-order valence-corrected chi connectivity index (χ2v) is 6.12. The van der Waals surface area contributed by atoms with Crippen LogP contribution in [-0.4, -0.2) is 32.5 Å². The third-order valence-electron chi connectivity index (χ3n) is 3.77. The average Bonchev–Trinajstić information content (AvgIpc) is 2.99. The molecule has 0 N–H and O–H groups in total. The van der Waals surface area contributed by atoms with E-state index in [0.717, 1.165) is 18.8 Å². The highest BCUT2D eigenvalue weighted by Crippen LogP contribution is 2.26. The van der Waals surface area contributed by atoms with Gasteiger partial charge in [0.15, 0.2) is 0 Å². The fourth-order valence-corrected chi connectivity index (χ4v) is 3.52. The topological polar surface area (TPSA) is 34.0 Å². The van der Waals surface area contributed by atoms with Gasteiger partial charge in [0.05, 0.1) is 16.9 Å². The molecule has 1 unspecified atom stereocenters. The van der Waals surface area contributed by atoms with Gasteiger partial charge in [0.2, 0.25) is 0 Å². The molecule has 4 nitrogen and oxygen atoms in total. The molecule has 1 aliphatic rings. The lowest BCUT2D eigenvalue weighted by Crippen LogP contribution is -2.34. The second-order valence-electron chi connectivity index (χ2n) is 5.41. The predicted molar refractivity (Wildman–Crippen MR) is 77.3 cm³/mol. The molecule has 102 valence electrons. The normalized spacial score (nSPS) is 20.8. The molecule has 0 saturated carbocycles. The van der Waals surface area contributed by atoms with Gasteiger partial charge in [0, 0.05) is 37.6 Å². The van der Waals surface area contributed by atoms with Gasteiger partial charge in [-0.15, -0.1) is 11.3 Å². The standard InChI is InChI=1S/C14H20N4S/c1-11-6-17(2)14(16-11)12-4-3-5-18(7-12)8-13-9-19-10-15-13/h6,9-10,12H,3-5,7-8H2,1-2H3. The minimum Gasteiger partial charge on any atom is -0.337 e. The third-order valence-corrected chi connectivity index (χ3v) is 4.41. The molecule has 0 spiro atoms. The van der Waals surface area contributed by atoms with Gasteiger partial charge in [-0.1, -0.05) is 0 Å². The van der Waals surface area contributed by atoms with Gasteiger partial charge in [-0.25, -0.2) is 9.97 Å². The molecule has 2 aromatic heterocycles. The Labute approximate surface area is 118 Å². The molecule has 0 bridgehead atoms. The van der Waals surface area contributed by atoms with Crippen LogP contribution in [0.1, 0.15) is 36.0 Å². The van der Waals surface area contributed by atoms with Crippen LogP contribution in [0.5, 0.6) is 0 Å². The van der Waals surface area contributed by atoms with Gasteiger partial charge < -0.3 is 4.57 Å². The summed E-state index contributed by atoms with van der Waals surface area (Å²) in [7, 11) is 2.11. The number of thiazole rings is 1. The summed E-state index contributed by atoms with van der Waals surface area (Å²) in [6.07, 6.45) is 4.62. The predicted octanol–water partition coefficient (Wildman–Crippen LogP) is 2.56. The summed E-state index contributed by atoms with van der Waals surface area (Å²) in [5, 5.41) is 2.15. The Morgan fingerprint density at radius 3 is 3.05 bits per heavy atom. The molecule has 1 saturated heterocycles. The van der Waals surface area contributed by atoms with Crippen molar-refractivity contribution in [3.8, 4) is 0 Å². The molecule has 3 heterocycles. The number of aromatic nitrogens is 3. The van der Waals surface area contributed by atoms with Crippen LogP contribution in [0.2, 0.25) is 0 Å². The highest BCUT2D eigenvalue weighted by molar-refractivity contribution is 7.07. The first-order valence-electron chi connectivity index (χ1n) is 6.81. The maximum Gasteiger partial charge on any atom is 0.113 e. The lowest BCUT2D eigenvalue weighted by molar-refractivity contribution is 0.193. The summed E-state index contributed by atoms with van der Waals surface area (Å²) in [6.45, 7) is 5.32. The van der Waals surface area contributed by atoms with E-state index in [1.807, 2.05) is 5.51 Å². The van der Waals surface area contributed by atoms with Crippen LogP contribution in [-0.2, 0) is 13.6 Å². The van der Waals surface area contributed by atoms with Crippen molar-refractivity contribution in [2.24, 2.45) is 7.05 Å². The van der Waals surface area contributed by atoms with Gasteiger partial charge >= 0.3 is 0 Å². The van der Waals surface area contributed by atoms with E-state index in [0.29, 0.717) is 5.92 Å². The third kappa shape index (κ3) is 2.87. The van der Waals surface area contributed by atoms with E-state index in [2.05, 4.69) is 45.0 Å². The molecule has 0 aromatic carbocycles.